The van der Waals surface area contributed by atoms with E-state index in [2.05, 4.69) is 22.8 Å². The summed E-state index contributed by atoms with van der Waals surface area (Å²) in [5.41, 5.74) is 1.17. The van der Waals surface area contributed by atoms with E-state index in [0.717, 1.165) is 30.7 Å². The van der Waals surface area contributed by atoms with Gasteiger partial charge in [-0.3, -0.25) is 9.59 Å². The van der Waals surface area contributed by atoms with Crippen molar-refractivity contribution in [2.75, 3.05) is 5.32 Å². The van der Waals surface area contributed by atoms with Crippen LogP contribution in [0, 0.1) is 11.8 Å². The van der Waals surface area contributed by atoms with E-state index in [-0.39, 0.29) is 23.8 Å². The van der Waals surface area contributed by atoms with Gasteiger partial charge in [0.2, 0.25) is 5.91 Å². The summed E-state index contributed by atoms with van der Waals surface area (Å²) in [5.74, 6) is 0.684. The molecule has 1 unspecified atom stereocenters. The maximum Gasteiger partial charge on any atom is 0.261 e. The van der Waals surface area contributed by atoms with Crippen LogP contribution in [-0.2, 0) is 4.79 Å². The molecular formula is C21H24N2O2S. The number of rotatable bonds is 6. The smallest absolute Gasteiger partial charge is 0.261 e. The average Bonchev–Trinajstić information content (AvgIpc) is 3.17. The van der Waals surface area contributed by atoms with Crippen LogP contribution in [-0.4, -0.2) is 11.8 Å². The zero-order valence-corrected chi connectivity index (χ0v) is 15.6. The van der Waals surface area contributed by atoms with Crippen molar-refractivity contribution in [3.05, 3.63) is 52.9 Å². The van der Waals surface area contributed by atoms with E-state index in [1.54, 1.807) is 6.07 Å². The summed E-state index contributed by atoms with van der Waals surface area (Å²) in [5, 5.41) is 6.92. The Morgan fingerprint density at radius 3 is 2.38 bits per heavy atom. The maximum absolute atomic E-state index is 12.8. The molecule has 1 aromatic heterocycles. The highest BCUT2D eigenvalue weighted by Crippen LogP contribution is 2.36. The lowest BCUT2D eigenvalue weighted by Gasteiger charge is -2.25. The van der Waals surface area contributed by atoms with E-state index in [9.17, 15) is 9.59 Å². The second kappa shape index (κ2) is 7.62. The van der Waals surface area contributed by atoms with Gasteiger partial charge in [0.1, 0.15) is 0 Å². The normalized spacial score (nSPS) is 18.5. The van der Waals surface area contributed by atoms with Gasteiger partial charge in [0.15, 0.2) is 0 Å². The van der Waals surface area contributed by atoms with Crippen LogP contribution in [0.3, 0.4) is 0 Å². The molecule has 1 aromatic carbocycles. The quantitative estimate of drug-likeness (QED) is 0.772. The molecule has 1 atom stereocenters. The van der Waals surface area contributed by atoms with Gasteiger partial charge in [-0.25, -0.2) is 0 Å². The number of anilines is 1. The van der Waals surface area contributed by atoms with Crippen molar-refractivity contribution in [2.45, 2.75) is 44.6 Å². The van der Waals surface area contributed by atoms with Crippen molar-refractivity contribution < 1.29 is 9.59 Å². The van der Waals surface area contributed by atoms with Gasteiger partial charge in [0.25, 0.3) is 5.91 Å². The number of benzene rings is 1. The van der Waals surface area contributed by atoms with Crippen LogP contribution in [0.15, 0.2) is 42.5 Å². The van der Waals surface area contributed by atoms with Crippen molar-refractivity contribution in [1.29, 1.82) is 0 Å². The molecular weight excluding hydrogens is 344 g/mol. The summed E-state index contributed by atoms with van der Waals surface area (Å²) in [6, 6.07) is 13.9. The lowest BCUT2D eigenvalue weighted by Crippen LogP contribution is -2.32. The van der Waals surface area contributed by atoms with E-state index < -0.39 is 0 Å². The minimum atomic E-state index is -0.0531. The predicted molar refractivity (Wildman–Crippen MR) is 104 cm³/mol. The van der Waals surface area contributed by atoms with Crippen LogP contribution >= 0.6 is 11.3 Å². The highest BCUT2D eigenvalue weighted by molar-refractivity contribution is 7.18. The van der Waals surface area contributed by atoms with E-state index in [1.165, 1.54) is 29.7 Å². The molecule has 26 heavy (non-hydrogen) atoms. The van der Waals surface area contributed by atoms with Gasteiger partial charge < -0.3 is 10.6 Å². The van der Waals surface area contributed by atoms with Crippen LogP contribution in [0.1, 0.15) is 59.8 Å². The van der Waals surface area contributed by atoms with Crippen LogP contribution < -0.4 is 10.6 Å². The van der Waals surface area contributed by atoms with Crippen LogP contribution in [0.2, 0.25) is 0 Å². The maximum atomic E-state index is 12.8. The minimum absolute atomic E-state index is 0.0531. The molecule has 136 valence electrons. The lowest BCUT2D eigenvalue weighted by molar-refractivity contribution is -0.117. The molecule has 2 saturated carbocycles. The summed E-state index contributed by atoms with van der Waals surface area (Å²) < 4.78 is 0. The predicted octanol–water partition coefficient (Wildman–Crippen LogP) is 4.76. The Morgan fingerprint density at radius 2 is 1.69 bits per heavy atom. The fourth-order valence-corrected chi connectivity index (χ4v) is 4.55. The molecule has 0 radical (unpaired) electrons. The zero-order valence-electron chi connectivity index (χ0n) is 14.7. The molecule has 2 fully saturated rings. The molecule has 2 amide bonds. The molecule has 2 N–H and O–H groups in total. The number of thiophene rings is 1. The zero-order chi connectivity index (χ0) is 17.9. The Hall–Kier alpha value is -2.14. The number of hydrogen-bond acceptors (Lipinski definition) is 3. The van der Waals surface area contributed by atoms with Crippen molar-refractivity contribution in [2.24, 2.45) is 11.8 Å². The summed E-state index contributed by atoms with van der Waals surface area (Å²) >= 11 is 1.35. The molecule has 1 heterocycles. The third-order valence-corrected chi connectivity index (χ3v) is 6.34. The third-order valence-electron chi connectivity index (χ3n) is 5.34. The van der Waals surface area contributed by atoms with Gasteiger partial charge in [0, 0.05) is 5.92 Å². The number of carbonyl (C=O) groups excluding carboxylic acids is 2. The number of carbonyl (C=O) groups is 2. The molecule has 0 aliphatic heterocycles. The minimum Gasteiger partial charge on any atom is -0.344 e. The molecule has 4 rings (SSSR count). The van der Waals surface area contributed by atoms with E-state index >= 15 is 0 Å². The summed E-state index contributed by atoms with van der Waals surface area (Å²) in [6.45, 7) is 0. The Morgan fingerprint density at radius 1 is 0.962 bits per heavy atom. The summed E-state index contributed by atoms with van der Waals surface area (Å²) in [4.78, 5) is 25.4. The Labute approximate surface area is 158 Å². The second-order valence-electron chi connectivity index (χ2n) is 7.33. The number of amides is 2. The van der Waals surface area contributed by atoms with E-state index in [1.807, 2.05) is 24.3 Å². The Kier molecular flexibility index (Phi) is 5.07. The molecule has 2 aliphatic carbocycles. The SMILES string of the molecule is O=C(NC(c1ccccc1)C1CCCC1)c1ccc(NC(=O)C2CC2)s1. The second-order valence-corrected chi connectivity index (χ2v) is 8.42. The van der Waals surface area contributed by atoms with Crippen molar-refractivity contribution in [3.63, 3.8) is 0 Å². The third kappa shape index (κ3) is 3.98. The molecule has 4 nitrogen and oxygen atoms in total. The van der Waals surface area contributed by atoms with E-state index in [0.29, 0.717) is 10.8 Å². The van der Waals surface area contributed by atoms with Crippen molar-refractivity contribution >= 4 is 28.2 Å². The molecule has 0 spiro atoms. The first kappa shape index (κ1) is 17.3. The molecule has 5 heteroatoms. The van der Waals surface area contributed by atoms with Crippen LogP contribution in [0.25, 0.3) is 0 Å². The van der Waals surface area contributed by atoms with Gasteiger partial charge in [0.05, 0.1) is 15.9 Å². The first-order valence-corrected chi connectivity index (χ1v) is 10.3. The average molecular weight is 369 g/mol. The van der Waals surface area contributed by atoms with Crippen molar-refractivity contribution in [3.8, 4) is 0 Å². The largest absolute Gasteiger partial charge is 0.344 e. The highest BCUT2D eigenvalue weighted by atomic mass is 32.1. The van der Waals surface area contributed by atoms with Gasteiger partial charge in [-0.15, -0.1) is 11.3 Å². The molecule has 0 saturated heterocycles. The number of hydrogen-bond donors (Lipinski definition) is 2. The first-order chi connectivity index (χ1) is 12.7. The monoisotopic (exact) mass is 368 g/mol. The topological polar surface area (TPSA) is 58.2 Å². The number of nitrogens with one attached hydrogen (secondary N) is 2. The fraction of sp³-hybridized carbons (Fsp3) is 0.429. The standard InChI is InChI=1S/C21H24N2O2S/c24-20(16-10-11-16)22-18-13-12-17(26-18)21(25)23-19(15-8-4-5-9-15)14-6-2-1-3-7-14/h1-3,6-7,12-13,15-16,19H,4-5,8-11H2,(H,22,24)(H,23,25). The molecule has 0 bridgehead atoms. The molecule has 2 aliphatic rings. The fourth-order valence-electron chi connectivity index (χ4n) is 3.73. The van der Waals surface area contributed by atoms with Gasteiger partial charge in [-0.05, 0) is 49.3 Å². The van der Waals surface area contributed by atoms with E-state index in [4.69, 9.17) is 0 Å². The van der Waals surface area contributed by atoms with Crippen LogP contribution in [0.5, 0.6) is 0 Å². The van der Waals surface area contributed by atoms with Gasteiger partial charge >= 0.3 is 0 Å². The highest BCUT2D eigenvalue weighted by Gasteiger charge is 2.30. The summed E-state index contributed by atoms with van der Waals surface area (Å²) in [6.07, 6.45) is 6.75. The van der Waals surface area contributed by atoms with Gasteiger partial charge in [-0.2, -0.15) is 0 Å². The first-order valence-electron chi connectivity index (χ1n) is 9.47. The van der Waals surface area contributed by atoms with Gasteiger partial charge in [-0.1, -0.05) is 43.2 Å². The Balaban J connectivity index is 1.46. The summed E-state index contributed by atoms with van der Waals surface area (Å²) in [7, 11) is 0. The van der Waals surface area contributed by atoms with Crippen LogP contribution in [0.4, 0.5) is 5.00 Å². The lowest BCUT2D eigenvalue weighted by atomic mass is 9.91. The Bertz CT molecular complexity index is 776. The van der Waals surface area contributed by atoms with Crippen molar-refractivity contribution in [1.82, 2.24) is 5.32 Å². The molecule has 2 aromatic rings.